The highest BCUT2D eigenvalue weighted by atomic mass is 19.1. The first-order valence-corrected chi connectivity index (χ1v) is 10.4. The number of halogens is 1. The molecule has 152 valence electrons. The van der Waals surface area contributed by atoms with Gasteiger partial charge in [0.25, 0.3) is 0 Å². The topological polar surface area (TPSA) is 64.7 Å². The van der Waals surface area contributed by atoms with Gasteiger partial charge < -0.3 is 15.5 Å². The molecule has 3 fully saturated rings. The van der Waals surface area contributed by atoms with Crippen LogP contribution in [0, 0.1) is 5.82 Å². The van der Waals surface area contributed by atoms with Gasteiger partial charge in [0.2, 0.25) is 11.8 Å². The highest BCUT2D eigenvalue weighted by Crippen LogP contribution is 2.26. The molecule has 1 aromatic carbocycles. The van der Waals surface area contributed by atoms with Crippen LogP contribution >= 0.6 is 0 Å². The second kappa shape index (κ2) is 8.57. The van der Waals surface area contributed by atoms with Gasteiger partial charge >= 0.3 is 0 Å². The van der Waals surface area contributed by atoms with Crippen LogP contribution in [0.1, 0.15) is 37.7 Å². The molecule has 6 nitrogen and oxygen atoms in total. The van der Waals surface area contributed by atoms with Crippen molar-refractivity contribution in [2.75, 3.05) is 26.2 Å². The zero-order chi connectivity index (χ0) is 19.5. The standard InChI is InChI=1S/C21H29FN4O2/c22-16-5-3-15(4-6-16)12-23-17-11-19-21(28)24-13-18(26(19)14-17)7-8-20(27)25-9-1-2-10-25/h3-6,17-19,23H,1-2,7-14H2,(H,24,28)/t17-,18-,19-/m1/s1. The Labute approximate surface area is 165 Å². The molecule has 0 aliphatic carbocycles. The quantitative estimate of drug-likeness (QED) is 0.770. The van der Waals surface area contributed by atoms with E-state index >= 15 is 0 Å². The first-order chi connectivity index (χ1) is 13.6. The van der Waals surface area contributed by atoms with Gasteiger partial charge in [0.15, 0.2) is 0 Å². The van der Waals surface area contributed by atoms with Crippen LogP contribution in [-0.2, 0) is 16.1 Å². The van der Waals surface area contributed by atoms with Gasteiger partial charge in [-0.3, -0.25) is 14.5 Å². The summed E-state index contributed by atoms with van der Waals surface area (Å²) >= 11 is 0. The Bertz CT molecular complexity index is 705. The predicted molar refractivity (Wildman–Crippen MR) is 104 cm³/mol. The molecule has 0 unspecified atom stereocenters. The maximum atomic E-state index is 13.0. The van der Waals surface area contributed by atoms with Gasteiger partial charge in [-0.2, -0.15) is 0 Å². The third-order valence-electron chi connectivity index (χ3n) is 6.28. The molecule has 0 saturated carbocycles. The van der Waals surface area contributed by atoms with E-state index in [2.05, 4.69) is 15.5 Å². The van der Waals surface area contributed by atoms with Crippen LogP contribution in [0.5, 0.6) is 0 Å². The molecule has 0 bridgehead atoms. The average Bonchev–Trinajstić information content (AvgIpc) is 3.37. The lowest BCUT2D eigenvalue weighted by molar-refractivity contribution is -0.131. The van der Waals surface area contributed by atoms with Crippen LogP contribution in [-0.4, -0.2) is 65.9 Å². The summed E-state index contributed by atoms with van der Waals surface area (Å²) in [6.45, 7) is 3.87. The molecule has 0 radical (unpaired) electrons. The Morgan fingerprint density at radius 3 is 2.71 bits per heavy atom. The van der Waals surface area contributed by atoms with Crippen molar-refractivity contribution < 1.29 is 14.0 Å². The van der Waals surface area contributed by atoms with Crippen molar-refractivity contribution in [3.63, 3.8) is 0 Å². The van der Waals surface area contributed by atoms with Crippen LogP contribution in [0.25, 0.3) is 0 Å². The van der Waals surface area contributed by atoms with Gasteiger partial charge in [-0.05, 0) is 43.4 Å². The maximum Gasteiger partial charge on any atom is 0.237 e. The van der Waals surface area contributed by atoms with E-state index in [0.29, 0.717) is 19.5 Å². The summed E-state index contributed by atoms with van der Waals surface area (Å²) in [7, 11) is 0. The largest absolute Gasteiger partial charge is 0.353 e. The zero-order valence-electron chi connectivity index (χ0n) is 16.2. The highest BCUT2D eigenvalue weighted by Gasteiger charge is 2.43. The third kappa shape index (κ3) is 4.36. The van der Waals surface area contributed by atoms with Crippen LogP contribution in [0.15, 0.2) is 24.3 Å². The number of piperazine rings is 1. The van der Waals surface area contributed by atoms with Gasteiger partial charge in [0, 0.05) is 51.2 Å². The molecule has 0 aromatic heterocycles. The molecule has 3 atom stereocenters. The monoisotopic (exact) mass is 388 g/mol. The molecule has 7 heteroatoms. The van der Waals surface area contributed by atoms with Gasteiger partial charge in [0.05, 0.1) is 6.04 Å². The van der Waals surface area contributed by atoms with Crippen LogP contribution in [0.3, 0.4) is 0 Å². The van der Waals surface area contributed by atoms with Crippen LogP contribution in [0.4, 0.5) is 4.39 Å². The van der Waals surface area contributed by atoms with Crippen molar-refractivity contribution >= 4 is 11.8 Å². The van der Waals surface area contributed by atoms with Crippen molar-refractivity contribution in [1.29, 1.82) is 0 Å². The number of likely N-dealkylation sites (tertiary alicyclic amines) is 1. The van der Waals surface area contributed by atoms with Crippen molar-refractivity contribution in [2.45, 2.75) is 56.8 Å². The Morgan fingerprint density at radius 1 is 1.21 bits per heavy atom. The van der Waals surface area contributed by atoms with E-state index in [-0.39, 0.29) is 35.8 Å². The number of hydrogen-bond acceptors (Lipinski definition) is 4. The van der Waals surface area contributed by atoms with Crippen LogP contribution < -0.4 is 10.6 Å². The van der Waals surface area contributed by atoms with Crippen LogP contribution in [0.2, 0.25) is 0 Å². The molecule has 3 saturated heterocycles. The SMILES string of the molecule is O=C1NC[C@@H](CCC(=O)N2CCCC2)N2C[C@H](NCc3ccc(F)cc3)C[C@H]12. The van der Waals surface area contributed by atoms with E-state index in [1.54, 1.807) is 12.1 Å². The van der Waals surface area contributed by atoms with E-state index in [1.807, 2.05) is 4.90 Å². The fraction of sp³-hybridized carbons (Fsp3) is 0.619. The summed E-state index contributed by atoms with van der Waals surface area (Å²) in [5.41, 5.74) is 1.03. The molecular weight excluding hydrogens is 359 g/mol. The van der Waals surface area contributed by atoms with Crippen molar-refractivity contribution in [3.8, 4) is 0 Å². The van der Waals surface area contributed by atoms with E-state index < -0.39 is 0 Å². The Morgan fingerprint density at radius 2 is 1.96 bits per heavy atom. The summed E-state index contributed by atoms with van der Waals surface area (Å²) in [5.74, 6) is 0.106. The van der Waals surface area contributed by atoms with Crippen molar-refractivity contribution in [1.82, 2.24) is 20.4 Å². The van der Waals surface area contributed by atoms with Gasteiger partial charge in [-0.15, -0.1) is 0 Å². The van der Waals surface area contributed by atoms with E-state index in [1.165, 1.54) is 12.1 Å². The second-order valence-corrected chi connectivity index (χ2v) is 8.18. The number of nitrogens with one attached hydrogen (secondary N) is 2. The second-order valence-electron chi connectivity index (χ2n) is 8.18. The smallest absolute Gasteiger partial charge is 0.237 e. The van der Waals surface area contributed by atoms with E-state index in [0.717, 1.165) is 50.9 Å². The Hall–Kier alpha value is -1.99. The minimum atomic E-state index is -0.232. The number of carbonyl (C=O) groups is 2. The minimum absolute atomic E-state index is 0.0909. The van der Waals surface area contributed by atoms with Crippen molar-refractivity contribution in [2.24, 2.45) is 0 Å². The number of rotatable bonds is 6. The molecule has 3 heterocycles. The first-order valence-electron chi connectivity index (χ1n) is 10.4. The van der Waals surface area contributed by atoms with Gasteiger partial charge in [0.1, 0.15) is 5.82 Å². The average molecular weight is 388 g/mol. The lowest BCUT2D eigenvalue weighted by atomic mass is 10.0. The molecule has 4 rings (SSSR count). The summed E-state index contributed by atoms with van der Waals surface area (Å²) in [5, 5.41) is 6.53. The number of carbonyl (C=O) groups excluding carboxylic acids is 2. The number of nitrogens with zero attached hydrogens (tertiary/aromatic N) is 2. The summed E-state index contributed by atoms with van der Waals surface area (Å²) in [4.78, 5) is 28.9. The number of hydrogen-bond donors (Lipinski definition) is 2. The molecule has 2 amide bonds. The Kier molecular flexibility index (Phi) is 5.92. The molecule has 2 N–H and O–H groups in total. The summed E-state index contributed by atoms with van der Waals surface area (Å²) in [6, 6.07) is 6.81. The molecule has 3 aliphatic heterocycles. The third-order valence-corrected chi connectivity index (χ3v) is 6.28. The van der Waals surface area contributed by atoms with E-state index in [9.17, 15) is 14.0 Å². The lowest BCUT2D eigenvalue weighted by Crippen LogP contribution is -2.58. The number of benzene rings is 1. The van der Waals surface area contributed by atoms with Gasteiger partial charge in [-0.1, -0.05) is 12.1 Å². The van der Waals surface area contributed by atoms with Crippen molar-refractivity contribution in [3.05, 3.63) is 35.6 Å². The molecular formula is C21H29FN4O2. The molecule has 28 heavy (non-hydrogen) atoms. The first kappa shape index (κ1) is 19.3. The normalized spacial score (nSPS) is 27.7. The summed E-state index contributed by atoms with van der Waals surface area (Å²) < 4.78 is 13.0. The zero-order valence-corrected chi connectivity index (χ0v) is 16.2. The number of fused-ring (bicyclic) bond motifs is 1. The summed E-state index contributed by atoms with van der Waals surface area (Å²) in [6.07, 6.45) is 4.33. The minimum Gasteiger partial charge on any atom is -0.353 e. The molecule has 1 aromatic rings. The van der Waals surface area contributed by atoms with Gasteiger partial charge in [-0.25, -0.2) is 4.39 Å². The maximum absolute atomic E-state index is 13.0. The number of amides is 2. The Balaban J connectivity index is 1.30. The molecule has 3 aliphatic rings. The highest BCUT2D eigenvalue weighted by molar-refractivity contribution is 5.83. The predicted octanol–water partition coefficient (Wildman–Crippen LogP) is 1.26. The van der Waals surface area contributed by atoms with E-state index in [4.69, 9.17) is 0 Å². The molecule has 0 spiro atoms. The lowest BCUT2D eigenvalue weighted by Gasteiger charge is -2.37. The fourth-order valence-electron chi connectivity index (χ4n) is 4.67. The fourth-order valence-corrected chi connectivity index (χ4v) is 4.67.